The number of carbonyl (C=O) groups excluding carboxylic acids is 1. The second-order valence-electron chi connectivity index (χ2n) is 6.42. The number of nitrogens with one attached hydrogen (secondary N) is 1. The molecule has 1 unspecified atom stereocenters. The number of nitrogens with zero attached hydrogens (tertiary/aromatic N) is 3. The standard InChI is InChI=1S/C19H24N4O/c1-15(2)9-13-22-11-4-8-18(22)19(24)21-16-6-3-7-17(14-16)23-12-5-10-20-23/h3,5-7,9-10,12,14,18H,4,8,11,13H2,1-2H3,(H,21,24). The lowest BCUT2D eigenvalue weighted by Crippen LogP contribution is -2.39. The maximum Gasteiger partial charge on any atom is 0.241 e. The van der Waals surface area contributed by atoms with Gasteiger partial charge in [-0.1, -0.05) is 17.7 Å². The van der Waals surface area contributed by atoms with Crippen LogP contribution in [0, 0.1) is 0 Å². The molecule has 0 bridgehead atoms. The van der Waals surface area contributed by atoms with Crippen molar-refractivity contribution in [3.63, 3.8) is 0 Å². The van der Waals surface area contributed by atoms with E-state index in [1.165, 1.54) is 5.57 Å². The van der Waals surface area contributed by atoms with Crippen molar-refractivity contribution < 1.29 is 4.79 Å². The van der Waals surface area contributed by atoms with Crippen LogP contribution in [0.4, 0.5) is 5.69 Å². The van der Waals surface area contributed by atoms with Crippen molar-refractivity contribution >= 4 is 11.6 Å². The fraction of sp³-hybridized carbons (Fsp3) is 0.368. The van der Waals surface area contributed by atoms with Gasteiger partial charge in [0.1, 0.15) is 0 Å². The number of benzene rings is 1. The Morgan fingerprint density at radius 2 is 2.25 bits per heavy atom. The van der Waals surface area contributed by atoms with Gasteiger partial charge in [-0.05, 0) is 57.5 Å². The number of allylic oxidation sites excluding steroid dienone is 1. The van der Waals surface area contributed by atoms with Crippen molar-refractivity contribution in [2.75, 3.05) is 18.4 Å². The van der Waals surface area contributed by atoms with Crippen molar-refractivity contribution in [1.82, 2.24) is 14.7 Å². The Morgan fingerprint density at radius 3 is 3.00 bits per heavy atom. The highest BCUT2D eigenvalue weighted by Crippen LogP contribution is 2.20. The summed E-state index contributed by atoms with van der Waals surface area (Å²) in [5.74, 6) is 0.0762. The van der Waals surface area contributed by atoms with Gasteiger partial charge in [0.2, 0.25) is 5.91 Å². The summed E-state index contributed by atoms with van der Waals surface area (Å²) in [6.45, 7) is 6.00. The minimum Gasteiger partial charge on any atom is -0.325 e. The predicted molar refractivity (Wildman–Crippen MR) is 96.2 cm³/mol. The van der Waals surface area contributed by atoms with E-state index in [0.717, 1.165) is 37.3 Å². The summed E-state index contributed by atoms with van der Waals surface area (Å²) in [7, 11) is 0. The van der Waals surface area contributed by atoms with Gasteiger partial charge >= 0.3 is 0 Å². The SMILES string of the molecule is CC(C)=CCN1CCCC1C(=O)Nc1cccc(-n2cccn2)c1. The van der Waals surface area contributed by atoms with Crippen LogP contribution in [0.5, 0.6) is 0 Å². The molecule has 1 amide bonds. The maximum atomic E-state index is 12.7. The molecule has 5 heteroatoms. The number of carbonyl (C=O) groups is 1. The third-order valence-corrected chi connectivity index (χ3v) is 4.28. The summed E-state index contributed by atoms with van der Waals surface area (Å²) >= 11 is 0. The number of aromatic nitrogens is 2. The van der Waals surface area contributed by atoms with Gasteiger partial charge in [0.25, 0.3) is 0 Å². The number of hydrogen-bond donors (Lipinski definition) is 1. The van der Waals surface area contributed by atoms with Crippen molar-refractivity contribution in [3.05, 3.63) is 54.4 Å². The Hall–Kier alpha value is -2.40. The highest BCUT2D eigenvalue weighted by Gasteiger charge is 2.29. The lowest BCUT2D eigenvalue weighted by Gasteiger charge is -2.22. The summed E-state index contributed by atoms with van der Waals surface area (Å²) < 4.78 is 1.78. The summed E-state index contributed by atoms with van der Waals surface area (Å²) in [6, 6.07) is 9.60. The van der Waals surface area contributed by atoms with Crippen LogP contribution in [-0.2, 0) is 4.79 Å². The highest BCUT2D eigenvalue weighted by molar-refractivity contribution is 5.95. The van der Waals surface area contributed by atoms with Crippen LogP contribution in [0.1, 0.15) is 26.7 Å². The van der Waals surface area contributed by atoms with E-state index < -0.39 is 0 Å². The Morgan fingerprint density at radius 1 is 1.38 bits per heavy atom. The zero-order chi connectivity index (χ0) is 16.9. The smallest absolute Gasteiger partial charge is 0.241 e. The molecule has 1 aliphatic rings. The number of rotatable bonds is 5. The molecule has 2 heterocycles. The fourth-order valence-corrected chi connectivity index (χ4v) is 3.01. The topological polar surface area (TPSA) is 50.2 Å². The summed E-state index contributed by atoms with van der Waals surface area (Å²) in [6.07, 6.45) is 7.80. The molecule has 1 aliphatic heterocycles. The molecule has 5 nitrogen and oxygen atoms in total. The van der Waals surface area contributed by atoms with E-state index in [9.17, 15) is 4.79 Å². The largest absolute Gasteiger partial charge is 0.325 e. The predicted octanol–water partition coefficient (Wildman–Crippen LogP) is 3.24. The van der Waals surface area contributed by atoms with E-state index in [4.69, 9.17) is 0 Å². The van der Waals surface area contributed by atoms with Gasteiger partial charge in [-0.2, -0.15) is 5.10 Å². The lowest BCUT2D eigenvalue weighted by molar-refractivity contribution is -0.120. The molecule has 24 heavy (non-hydrogen) atoms. The molecule has 3 rings (SSSR count). The van der Waals surface area contributed by atoms with Crippen LogP contribution in [0.2, 0.25) is 0 Å². The molecular formula is C19H24N4O. The molecule has 2 aromatic rings. The van der Waals surface area contributed by atoms with Crippen LogP contribution < -0.4 is 5.32 Å². The van der Waals surface area contributed by atoms with Crippen LogP contribution in [-0.4, -0.2) is 39.7 Å². The molecule has 1 aromatic heterocycles. The van der Waals surface area contributed by atoms with Crippen LogP contribution in [0.3, 0.4) is 0 Å². The monoisotopic (exact) mass is 324 g/mol. The van der Waals surface area contributed by atoms with Crippen LogP contribution in [0.25, 0.3) is 5.69 Å². The quantitative estimate of drug-likeness (QED) is 0.859. The van der Waals surface area contributed by atoms with E-state index in [0.29, 0.717) is 0 Å². The molecule has 0 spiro atoms. The van der Waals surface area contributed by atoms with Crippen molar-refractivity contribution in [1.29, 1.82) is 0 Å². The van der Waals surface area contributed by atoms with Gasteiger partial charge in [-0.15, -0.1) is 0 Å². The second kappa shape index (κ2) is 7.45. The van der Waals surface area contributed by atoms with Crippen molar-refractivity contribution in [2.24, 2.45) is 0 Å². The minimum absolute atomic E-state index is 0.0473. The molecule has 0 radical (unpaired) electrons. The van der Waals surface area contributed by atoms with Gasteiger partial charge < -0.3 is 5.32 Å². The molecule has 0 aliphatic carbocycles. The fourth-order valence-electron chi connectivity index (χ4n) is 3.01. The highest BCUT2D eigenvalue weighted by atomic mass is 16.2. The van der Waals surface area contributed by atoms with Gasteiger partial charge in [0.05, 0.1) is 11.7 Å². The van der Waals surface area contributed by atoms with Gasteiger partial charge in [0, 0.05) is 24.6 Å². The first-order valence-corrected chi connectivity index (χ1v) is 8.42. The Bertz CT molecular complexity index is 717. The average Bonchev–Trinajstić information content (AvgIpc) is 3.24. The number of likely N-dealkylation sites (tertiary alicyclic amines) is 1. The Balaban J connectivity index is 1.68. The van der Waals surface area contributed by atoms with Crippen LogP contribution in [0.15, 0.2) is 54.4 Å². The number of anilines is 1. The molecule has 1 saturated heterocycles. The van der Waals surface area contributed by atoms with E-state index in [1.54, 1.807) is 10.9 Å². The molecule has 126 valence electrons. The van der Waals surface area contributed by atoms with Gasteiger partial charge in [-0.3, -0.25) is 9.69 Å². The average molecular weight is 324 g/mol. The van der Waals surface area contributed by atoms with E-state index in [1.807, 2.05) is 36.5 Å². The first kappa shape index (κ1) is 16.5. The molecule has 1 N–H and O–H groups in total. The van der Waals surface area contributed by atoms with E-state index in [-0.39, 0.29) is 11.9 Å². The number of amides is 1. The Labute approximate surface area is 143 Å². The molecule has 1 atom stereocenters. The third kappa shape index (κ3) is 3.92. The lowest BCUT2D eigenvalue weighted by atomic mass is 10.2. The van der Waals surface area contributed by atoms with E-state index >= 15 is 0 Å². The third-order valence-electron chi connectivity index (χ3n) is 4.28. The molecule has 1 aromatic carbocycles. The van der Waals surface area contributed by atoms with Gasteiger partial charge in [-0.25, -0.2) is 4.68 Å². The van der Waals surface area contributed by atoms with Crippen molar-refractivity contribution in [3.8, 4) is 5.69 Å². The molecular weight excluding hydrogens is 300 g/mol. The molecule has 0 saturated carbocycles. The molecule has 1 fully saturated rings. The van der Waals surface area contributed by atoms with Crippen molar-refractivity contribution in [2.45, 2.75) is 32.7 Å². The minimum atomic E-state index is -0.0473. The normalized spacial score (nSPS) is 17.7. The Kier molecular flexibility index (Phi) is 5.11. The first-order chi connectivity index (χ1) is 11.6. The zero-order valence-electron chi connectivity index (χ0n) is 14.3. The van der Waals surface area contributed by atoms with E-state index in [2.05, 4.69) is 35.2 Å². The summed E-state index contributed by atoms with van der Waals surface area (Å²) in [5.41, 5.74) is 3.03. The maximum absolute atomic E-state index is 12.7. The van der Waals surface area contributed by atoms with Crippen LogP contribution >= 0.6 is 0 Å². The zero-order valence-corrected chi connectivity index (χ0v) is 14.3. The summed E-state index contributed by atoms with van der Waals surface area (Å²) in [4.78, 5) is 14.9. The first-order valence-electron chi connectivity index (χ1n) is 8.42. The summed E-state index contributed by atoms with van der Waals surface area (Å²) in [5, 5.41) is 7.29. The van der Waals surface area contributed by atoms with Gasteiger partial charge in [0.15, 0.2) is 0 Å². The number of hydrogen-bond acceptors (Lipinski definition) is 3. The second-order valence-corrected chi connectivity index (χ2v) is 6.42.